The molecule has 10 heteroatoms. The van der Waals surface area contributed by atoms with E-state index in [2.05, 4.69) is 41.2 Å². The lowest BCUT2D eigenvalue weighted by atomic mass is 9.90. The van der Waals surface area contributed by atoms with Crippen LogP contribution in [0, 0.1) is 0 Å². The monoisotopic (exact) mass is 487 g/mol. The number of nitrogens with one attached hydrogen (secondary N) is 1. The van der Waals surface area contributed by atoms with Crippen LogP contribution in [0.25, 0.3) is 33.8 Å². The second-order valence-corrected chi connectivity index (χ2v) is 11.0. The summed E-state index contributed by atoms with van der Waals surface area (Å²) in [5.74, 6) is 2.62. The highest BCUT2D eigenvalue weighted by Gasteiger charge is 2.36. The molecular weight excluding hydrogens is 454 g/mol. The maximum atomic E-state index is 6.35. The Balaban J connectivity index is 1.46. The Kier molecular flexibility index (Phi) is 5.70. The lowest BCUT2D eigenvalue weighted by Crippen LogP contribution is -2.23. The van der Waals surface area contributed by atoms with Gasteiger partial charge in [-0.1, -0.05) is 5.16 Å². The van der Waals surface area contributed by atoms with Crippen molar-refractivity contribution < 1.29 is 4.52 Å². The third-order valence-electron chi connectivity index (χ3n) is 7.20. The Morgan fingerprint density at radius 2 is 1.67 bits per heavy atom. The topological polar surface area (TPSA) is 133 Å². The normalized spacial score (nSPS) is 17.9. The Bertz CT molecular complexity index is 1370. The quantitative estimate of drug-likeness (QED) is 0.429. The van der Waals surface area contributed by atoms with Crippen molar-refractivity contribution in [3.63, 3.8) is 0 Å². The van der Waals surface area contributed by atoms with Crippen LogP contribution in [0.15, 0.2) is 23.2 Å². The third-order valence-corrected chi connectivity index (χ3v) is 7.20. The number of fused-ring (bicyclic) bond motifs is 1. The van der Waals surface area contributed by atoms with Crippen molar-refractivity contribution >= 4 is 16.9 Å². The molecule has 0 bridgehead atoms. The maximum Gasteiger partial charge on any atom is 0.165 e. The summed E-state index contributed by atoms with van der Waals surface area (Å²) in [6.45, 7) is 8.38. The number of rotatable bonds is 4. The second-order valence-electron chi connectivity index (χ2n) is 11.0. The summed E-state index contributed by atoms with van der Waals surface area (Å²) in [5, 5.41) is 13.6. The standard InChI is InChI=1S/C26H33N9O/c1-26(2,3)35-25-19(23(27)31-14-32-25)20(33-35)21-18(22(36-34-21)16-8-9-16)24-29-12-17(13-30-24)15-6-4-10-28-11-5-7-15/h12-16,28H,4-11H2,1-3H3,(H2,27,31,32). The minimum atomic E-state index is -0.314. The molecule has 0 amide bonds. The van der Waals surface area contributed by atoms with Crippen molar-refractivity contribution in [2.45, 2.75) is 76.7 Å². The van der Waals surface area contributed by atoms with Crippen LogP contribution in [-0.2, 0) is 5.54 Å². The van der Waals surface area contributed by atoms with Crippen LogP contribution >= 0.6 is 0 Å². The van der Waals surface area contributed by atoms with Crippen molar-refractivity contribution in [2.24, 2.45) is 0 Å². The number of hydrogen-bond donors (Lipinski definition) is 2. The molecule has 1 aliphatic heterocycles. The molecule has 10 nitrogen and oxygen atoms in total. The first-order valence-electron chi connectivity index (χ1n) is 12.9. The van der Waals surface area contributed by atoms with E-state index in [0.717, 1.165) is 50.1 Å². The van der Waals surface area contributed by atoms with Crippen molar-refractivity contribution in [3.05, 3.63) is 30.0 Å². The minimum absolute atomic E-state index is 0.314. The first-order chi connectivity index (χ1) is 17.4. The number of nitrogens with two attached hydrogens (primary N) is 1. The zero-order chi connectivity index (χ0) is 24.9. The second kappa shape index (κ2) is 8.92. The van der Waals surface area contributed by atoms with E-state index in [9.17, 15) is 0 Å². The predicted molar refractivity (Wildman–Crippen MR) is 137 cm³/mol. The highest BCUT2D eigenvalue weighted by atomic mass is 16.5. The first-order valence-corrected chi connectivity index (χ1v) is 12.9. The minimum Gasteiger partial charge on any atom is -0.383 e. The summed E-state index contributed by atoms with van der Waals surface area (Å²) in [4.78, 5) is 18.4. The molecule has 188 valence electrons. The summed E-state index contributed by atoms with van der Waals surface area (Å²) >= 11 is 0. The average Bonchev–Trinajstić information content (AvgIpc) is 3.44. The molecule has 0 unspecified atom stereocenters. The number of hydrogen-bond acceptors (Lipinski definition) is 9. The summed E-state index contributed by atoms with van der Waals surface area (Å²) in [6, 6.07) is 0. The van der Waals surface area contributed by atoms with Crippen LogP contribution in [0.2, 0.25) is 0 Å². The lowest BCUT2D eigenvalue weighted by Gasteiger charge is -2.20. The highest BCUT2D eigenvalue weighted by molar-refractivity contribution is 6.00. The van der Waals surface area contributed by atoms with E-state index >= 15 is 0 Å². The van der Waals surface area contributed by atoms with Crippen molar-refractivity contribution in [1.82, 2.24) is 40.2 Å². The molecule has 0 atom stereocenters. The average molecular weight is 488 g/mol. The van der Waals surface area contributed by atoms with Crippen LogP contribution in [0.1, 0.15) is 82.5 Å². The highest BCUT2D eigenvalue weighted by Crippen LogP contribution is 2.48. The molecule has 5 heterocycles. The Morgan fingerprint density at radius 1 is 0.944 bits per heavy atom. The number of nitrogens with zero attached hydrogens (tertiary/aromatic N) is 7. The van der Waals surface area contributed by atoms with Gasteiger partial charge in [-0.05, 0) is 83.9 Å². The van der Waals surface area contributed by atoms with Gasteiger partial charge in [0.15, 0.2) is 17.2 Å². The van der Waals surface area contributed by atoms with Gasteiger partial charge in [-0.25, -0.2) is 24.6 Å². The fourth-order valence-electron chi connectivity index (χ4n) is 5.14. The molecule has 2 aliphatic rings. The van der Waals surface area contributed by atoms with Gasteiger partial charge in [0.2, 0.25) is 0 Å². The Morgan fingerprint density at radius 3 is 2.33 bits per heavy atom. The summed E-state index contributed by atoms with van der Waals surface area (Å²) in [5.41, 5.74) is 9.90. The molecular formula is C26H33N9O. The first kappa shape index (κ1) is 23.0. The maximum absolute atomic E-state index is 6.35. The van der Waals surface area contributed by atoms with Crippen LogP contribution < -0.4 is 11.1 Å². The van der Waals surface area contributed by atoms with E-state index in [1.807, 2.05) is 17.1 Å². The summed E-state index contributed by atoms with van der Waals surface area (Å²) in [7, 11) is 0. The van der Waals surface area contributed by atoms with E-state index in [4.69, 9.17) is 25.3 Å². The fraction of sp³-hybridized carbons (Fsp3) is 0.538. The predicted octanol–water partition coefficient (Wildman–Crippen LogP) is 4.40. The van der Waals surface area contributed by atoms with Gasteiger partial charge in [0.05, 0.1) is 16.5 Å². The van der Waals surface area contributed by atoms with Crippen molar-refractivity contribution in [1.29, 1.82) is 0 Å². The zero-order valence-electron chi connectivity index (χ0n) is 21.2. The lowest BCUT2D eigenvalue weighted by molar-refractivity contribution is 0.365. The van der Waals surface area contributed by atoms with E-state index in [0.29, 0.717) is 45.9 Å². The third kappa shape index (κ3) is 4.13. The van der Waals surface area contributed by atoms with Crippen molar-refractivity contribution in [2.75, 3.05) is 18.8 Å². The van der Waals surface area contributed by atoms with E-state index < -0.39 is 0 Å². The Labute approximate surface area is 210 Å². The van der Waals surface area contributed by atoms with Crippen molar-refractivity contribution in [3.8, 4) is 22.8 Å². The molecule has 0 spiro atoms. The molecule has 4 aromatic heterocycles. The summed E-state index contributed by atoms with van der Waals surface area (Å²) < 4.78 is 7.79. The van der Waals surface area contributed by atoms with Gasteiger partial charge in [-0.3, -0.25) is 0 Å². The van der Waals surface area contributed by atoms with Gasteiger partial charge in [0.25, 0.3) is 0 Å². The molecule has 4 aromatic rings. The van der Waals surface area contributed by atoms with Crippen LogP contribution in [-0.4, -0.2) is 48.0 Å². The number of aromatic nitrogens is 7. The Hall–Kier alpha value is -3.40. The molecule has 0 radical (unpaired) electrons. The van der Waals surface area contributed by atoms with Gasteiger partial charge in [-0.15, -0.1) is 0 Å². The fourth-order valence-corrected chi connectivity index (χ4v) is 5.14. The van der Waals surface area contributed by atoms with E-state index in [-0.39, 0.29) is 5.54 Å². The zero-order valence-corrected chi connectivity index (χ0v) is 21.2. The van der Waals surface area contributed by atoms with E-state index in [1.54, 1.807) is 0 Å². The van der Waals surface area contributed by atoms with Gasteiger partial charge < -0.3 is 15.6 Å². The molecule has 0 aromatic carbocycles. The number of anilines is 1. The molecule has 1 saturated heterocycles. The largest absolute Gasteiger partial charge is 0.383 e. The van der Waals surface area contributed by atoms with E-state index in [1.165, 1.54) is 24.7 Å². The summed E-state index contributed by atoms with van der Waals surface area (Å²) in [6.07, 6.45) is 12.2. The molecule has 6 rings (SSSR count). The number of nitrogen functional groups attached to an aromatic ring is 1. The SMILES string of the molecule is CC(C)(C)n1nc(-c2noc(C3CC3)c2-c2ncc(C3CCCNCCC3)cn2)c2c(N)ncnc21. The molecule has 2 fully saturated rings. The van der Waals surface area contributed by atoms with Gasteiger partial charge in [-0.2, -0.15) is 5.10 Å². The van der Waals surface area contributed by atoms with Crippen LogP contribution in [0.5, 0.6) is 0 Å². The van der Waals surface area contributed by atoms with Crippen LogP contribution in [0.3, 0.4) is 0 Å². The molecule has 1 saturated carbocycles. The van der Waals surface area contributed by atoms with Gasteiger partial charge in [0.1, 0.15) is 23.5 Å². The molecule has 36 heavy (non-hydrogen) atoms. The molecule has 1 aliphatic carbocycles. The van der Waals surface area contributed by atoms with Gasteiger partial charge in [0, 0.05) is 18.3 Å². The van der Waals surface area contributed by atoms with Gasteiger partial charge >= 0.3 is 0 Å². The molecule has 3 N–H and O–H groups in total. The van der Waals surface area contributed by atoms with Crippen LogP contribution in [0.4, 0.5) is 5.82 Å². The smallest absolute Gasteiger partial charge is 0.165 e.